The van der Waals surface area contributed by atoms with Gasteiger partial charge in [0.05, 0.1) is 19.8 Å². The molecule has 0 heterocycles. The molecule has 0 aromatic heterocycles. The Kier molecular flexibility index (Phi) is 5.29. The number of carbonyl (C=O) groups is 1. The Balaban J connectivity index is 2.16. The first-order valence-corrected chi connectivity index (χ1v) is 7.75. The molecule has 0 saturated heterocycles. The molecule has 1 aromatic rings. The Labute approximate surface area is 128 Å². The summed E-state index contributed by atoms with van der Waals surface area (Å²) < 4.78 is 10.5. The molecule has 2 atom stereocenters. The van der Waals surface area contributed by atoms with Crippen molar-refractivity contribution in [3.05, 3.63) is 23.8 Å². The Morgan fingerprint density at radius 3 is 2.65 bits per heavy atom. The van der Waals surface area contributed by atoms with Gasteiger partial charge >= 0.3 is 0 Å². The van der Waals surface area contributed by atoms with Crippen molar-refractivity contribution in [3.63, 3.8) is 0 Å². The molecule has 1 amide bonds. The van der Waals surface area contributed by atoms with Gasteiger partial charge in [0.15, 0.2) is 11.5 Å². The number of halogens is 1. The molecule has 1 saturated carbocycles. The molecule has 0 aliphatic heterocycles. The van der Waals surface area contributed by atoms with Crippen LogP contribution in [0.1, 0.15) is 36.0 Å². The molecule has 0 radical (unpaired) electrons. The van der Waals surface area contributed by atoms with Crippen molar-refractivity contribution < 1.29 is 14.3 Å². The van der Waals surface area contributed by atoms with Gasteiger partial charge in [-0.25, -0.2) is 0 Å². The van der Waals surface area contributed by atoms with Crippen molar-refractivity contribution in [2.45, 2.75) is 36.6 Å². The van der Waals surface area contributed by atoms with Gasteiger partial charge in [-0.2, -0.15) is 0 Å². The van der Waals surface area contributed by atoms with E-state index in [2.05, 4.69) is 21.2 Å². The number of amides is 1. The van der Waals surface area contributed by atoms with Gasteiger partial charge in [0.25, 0.3) is 5.91 Å². The van der Waals surface area contributed by atoms with Gasteiger partial charge in [0.2, 0.25) is 0 Å². The number of methoxy groups -OCH3 is 2. The van der Waals surface area contributed by atoms with E-state index in [4.69, 9.17) is 9.47 Å². The lowest BCUT2D eigenvalue weighted by atomic mass is 9.95. The van der Waals surface area contributed by atoms with Crippen LogP contribution in [0.3, 0.4) is 0 Å². The number of benzene rings is 1. The molecule has 110 valence electrons. The summed E-state index contributed by atoms with van der Waals surface area (Å²) in [6, 6.07) is 5.50. The summed E-state index contributed by atoms with van der Waals surface area (Å²) in [4.78, 5) is 12.8. The van der Waals surface area contributed by atoms with Crippen molar-refractivity contribution in [2.75, 3.05) is 14.2 Å². The van der Waals surface area contributed by atoms with E-state index in [9.17, 15) is 4.79 Å². The second-order valence-electron chi connectivity index (χ2n) is 4.92. The van der Waals surface area contributed by atoms with Crippen molar-refractivity contribution in [3.8, 4) is 11.5 Å². The van der Waals surface area contributed by atoms with Crippen LogP contribution in [0.15, 0.2) is 18.2 Å². The van der Waals surface area contributed by atoms with Gasteiger partial charge in [0, 0.05) is 10.9 Å². The van der Waals surface area contributed by atoms with Crippen LogP contribution < -0.4 is 14.8 Å². The minimum Gasteiger partial charge on any atom is -0.493 e. The lowest BCUT2D eigenvalue weighted by molar-refractivity contribution is 0.0926. The predicted molar refractivity (Wildman–Crippen MR) is 82.0 cm³/mol. The zero-order valence-electron chi connectivity index (χ0n) is 11.8. The molecule has 0 bridgehead atoms. The van der Waals surface area contributed by atoms with Crippen LogP contribution in [0.4, 0.5) is 0 Å². The highest BCUT2D eigenvalue weighted by molar-refractivity contribution is 9.09. The highest BCUT2D eigenvalue weighted by Gasteiger charge is 2.26. The molecule has 5 heteroatoms. The predicted octanol–water partition coefficient (Wildman–Crippen LogP) is 3.14. The topological polar surface area (TPSA) is 47.6 Å². The maximum atomic E-state index is 12.4. The van der Waals surface area contributed by atoms with Gasteiger partial charge < -0.3 is 14.8 Å². The average molecular weight is 342 g/mol. The van der Waals surface area contributed by atoms with E-state index < -0.39 is 0 Å². The summed E-state index contributed by atoms with van der Waals surface area (Å²) in [5.41, 5.74) is 0.511. The SMILES string of the molecule is COc1cccc(C(=O)NC2CCCCC2Br)c1OC. The van der Waals surface area contributed by atoms with Gasteiger partial charge in [-0.15, -0.1) is 0 Å². The van der Waals surface area contributed by atoms with E-state index in [-0.39, 0.29) is 11.9 Å². The van der Waals surface area contributed by atoms with Gasteiger partial charge in [-0.05, 0) is 25.0 Å². The molecular formula is C15H20BrNO3. The highest BCUT2D eigenvalue weighted by atomic mass is 79.9. The van der Waals surface area contributed by atoms with Gasteiger partial charge in [-0.1, -0.05) is 34.8 Å². The van der Waals surface area contributed by atoms with E-state index in [0.29, 0.717) is 21.9 Å². The first-order chi connectivity index (χ1) is 9.67. The maximum Gasteiger partial charge on any atom is 0.255 e. The standard InChI is InChI=1S/C15H20BrNO3/c1-19-13-9-5-6-10(14(13)20-2)15(18)17-12-8-4-3-7-11(12)16/h5-6,9,11-12H,3-4,7-8H2,1-2H3,(H,17,18). The monoisotopic (exact) mass is 341 g/mol. The molecule has 0 spiro atoms. The average Bonchev–Trinajstić information content (AvgIpc) is 2.48. The molecule has 1 aliphatic carbocycles. The summed E-state index contributed by atoms with van der Waals surface area (Å²) >= 11 is 3.65. The minimum absolute atomic E-state index is 0.114. The largest absolute Gasteiger partial charge is 0.493 e. The van der Waals surface area contributed by atoms with Crippen LogP contribution in [-0.4, -0.2) is 31.0 Å². The maximum absolute atomic E-state index is 12.4. The highest BCUT2D eigenvalue weighted by Crippen LogP contribution is 2.31. The summed E-state index contributed by atoms with van der Waals surface area (Å²) in [6.45, 7) is 0. The first kappa shape index (κ1) is 15.2. The smallest absolute Gasteiger partial charge is 0.255 e. The van der Waals surface area contributed by atoms with E-state index in [1.54, 1.807) is 32.4 Å². The second kappa shape index (κ2) is 6.97. The van der Waals surface area contributed by atoms with E-state index in [1.165, 1.54) is 6.42 Å². The summed E-state index contributed by atoms with van der Waals surface area (Å²) in [5, 5.41) is 3.09. The van der Waals surface area contributed by atoms with Crippen LogP contribution in [-0.2, 0) is 0 Å². The number of ether oxygens (including phenoxy) is 2. The first-order valence-electron chi connectivity index (χ1n) is 6.83. The number of rotatable bonds is 4. The normalized spacial score (nSPS) is 22.1. The molecule has 4 nitrogen and oxygen atoms in total. The van der Waals surface area contributed by atoms with Crippen LogP contribution in [0.2, 0.25) is 0 Å². The molecule has 1 fully saturated rings. The third-order valence-corrected chi connectivity index (χ3v) is 4.74. The van der Waals surface area contributed by atoms with E-state index >= 15 is 0 Å². The lowest BCUT2D eigenvalue weighted by Gasteiger charge is -2.28. The minimum atomic E-state index is -0.114. The lowest BCUT2D eigenvalue weighted by Crippen LogP contribution is -2.42. The quantitative estimate of drug-likeness (QED) is 0.856. The fraction of sp³-hybridized carbons (Fsp3) is 0.533. The van der Waals surface area contributed by atoms with Crippen molar-refractivity contribution >= 4 is 21.8 Å². The number of hydrogen-bond acceptors (Lipinski definition) is 3. The summed E-state index contributed by atoms with van der Waals surface area (Å²) in [5.74, 6) is 0.936. The Morgan fingerprint density at radius 2 is 2.00 bits per heavy atom. The molecule has 2 rings (SSSR count). The van der Waals surface area contributed by atoms with Crippen molar-refractivity contribution in [1.29, 1.82) is 0 Å². The number of carbonyl (C=O) groups excluding carboxylic acids is 1. The molecule has 1 aromatic carbocycles. The third-order valence-electron chi connectivity index (χ3n) is 3.65. The molecular weight excluding hydrogens is 322 g/mol. The van der Waals surface area contributed by atoms with E-state index in [0.717, 1.165) is 19.3 Å². The number of alkyl halides is 1. The van der Waals surface area contributed by atoms with Crippen LogP contribution >= 0.6 is 15.9 Å². The van der Waals surface area contributed by atoms with Crippen LogP contribution in [0, 0.1) is 0 Å². The zero-order valence-corrected chi connectivity index (χ0v) is 13.4. The zero-order chi connectivity index (χ0) is 14.5. The third kappa shape index (κ3) is 3.26. The van der Waals surface area contributed by atoms with Crippen LogP contribution in [0.5, 0.6) is 11.5 Å². The molecule has 2 unspecified atom stereocenters. The van der Waals surface area contributed by atoms with E-state index in [1.807, 2.05) is 0 Å². The number of hydrogen-bond donors (Lipinski definition) is 1. The molecule has 1 N–H and O–H groups in total. The Morgan fingerprint density at radius 1 is 1.25 bits per heavy atom. The number of para-hydroxylation sites is 1. The van der Waals surface area contributed by atoms with Gasteiger partial charge in [-0.3, -0.25) is 4.79 Å². The van der Waals surface area contributed by atoms with Crippen molar-refractivity contribution in [1.82, 2.24) is 5.32 Å². The fourth-order valence-electron chi connectivity index (χ4n) is 2.56. The summed E-state index contributed by atoms with van der Waals surface area (Å²) in [7, 11) is 3.11. The van der Waals surface area contributed by atoms with Gasteiger partial charge in [0.1, 0.15) is 0 Å². The Hall–Kier alpha value is -1.23. The fourth-order valence-corrected chi connectivity index (χ4v) is 3.28. The second-order valence-corrected chi connectivity index (χ2v) is 6.10. The van der Waals surface area contributed by atoms with Crippen molar-refractivity contribution in [2.24, 2.45) is 0 Å². The molecule has 20 heavy (non-hydrogen) atoms. The number of nitrogens with one attached hydrogen (secondary N) is 1. The van der Waals surface area contributed by atoms with Crippen LogP contribution in [0.25, 0.3) is 0 Å². The summed E-state index contributed by atoms with van der Waals surface area (Å²) in [6.07, 6.45) is 4.47. The molecule has 1 aliphatic rings. The Bertz CT molecular complexity index is 478.